The minimum absolute atomic E-state index is 0.458. The van der Waals surface area contributed by atoms with Crippen molar-refractivity contribution in [3.63, 3.8) is 0 Å². The summed E-state index contributed by atoms with van der Waals surface area (Å²) in [6.07, 6.45) is 0. The molecule has 1 aromatic carbocycles. The van der Waals surface area contributed by atoms with Crippen LogP contribution in [-0.2, 0) is 4.74 Å². The Balaban J connectivity index is 2.85. The van der Waals surface area contributed by atoms with E-state index in [0.717, 1.165) is 5.56 Å². The summed E-state index contributed by atoms with van der Waals surface area (Å²) < 4.78 is 15.6. The maximum absolute atomic E-state index is 8.69. The van der Waals surface area contributed by atoms with Crippen molar-refractivity contribution in [2.75, 3.05) is 27.4 Å². The Labute approximate surface area is 101 Å². The molecule has 0 unspecified atom stereocenters. The molecule has 0 aliphatic carbocycles. The Hall–Kier alpha value is -1.75. The molecule has 94 valence electrons. The van der Waals surface area contributed by atoms with E-state index in [1.807, 2.05) is 0 Å². The van der Waals surface area contributed by atoms with Crippen LogP contribution in [-0.4, -0.2) is 38.4 Å². The summed E-state index contributed by atoms with van der Waals surface area (Å²) in [5.74, 6) is 1.24. The Kier molecular flexibility index (Phi) is 5.29. The lowest BCUT2D eigenvalue weighted by Gasteiger charge is -2.11. The van der Waals surface area contributed by atoms with E-state index in [9.17, 15) is 0 Å². The van der Waals surface area contributed by atoms with Crippen LogP contribution in [0.4, 0.5) is 0 Å². The van der Waals surface area contributed by atoms with Crippen LogP contribution in [0.2, 0.25) is 0 Å². The van der Waals surface area contributed by atoms with E-state index in [0.29, 0.717) is 30.4 Å². The van der Waals surface area contributed by atoms with Crippen LogP contribution in [0.3, 0.4) is 0 Å². The van der Waals surface area contributed by atoms with Crippen molar-refractivity contribution in [2.45, 2.75) is 6.92 Å². The second kappa shape index (κ2) is 6.75. The van der Waals surface area contributed by atoms with E-state index in [4.69, 9.17) is 19.4 Å². The average Bonchev–Trinajstić information content (AvgIpc) is 2.38. The van der Waals surface area contributed by atoms with Crippen molar-refractivity contribution in [1.29, 1.82) is 0 Å². The Morgan fingerprint density at radius 1 is 1.24 bits per heavy atom. The largest absolute Gasteiger partial charge is 0.493 e. The highest BCUT2D eigenvalue weighted by Crippen LogP contribution is 2.28. The van der Waals surface area contributed by atoms with E-state index in [1.54, 1.807) is 39.3 Å². The van der Waals surface area contributed by atoms with Gasteiger partial charge in [-0.25, -0.2) is 0 Å². The normalized spacial score (nSPS) is 11.4. The van der Waals surface area contributed by atoms with Crippen LogP contribution in [0.15, 0.2) is 23.4 Å². The van der Waals surface area contributed by atoms with Gasteiger partial charge in [-0.1, -0.05) is 5.16 Å². The summed E-state index contributed by atoms with van der Waals surface area (Å²) in [5, 5.41) is 11.8. The molecule has 0 saturated carbocycles. The monoisotopic (exact) mass is 239 g/mol. The molecule has 1 N–H and O–H groups in total. The molecule has 0 aliphatic heterocycles. The van der Waals surface area contributed by atoms with Crippen LogP contribution in [0.1, 0.15) is 12.5 Å². The van der Waals surface area contributed by atoms with E-state index in [1.165, 1.54) is 0 Å². The highest BCUT2D eigenvalue weighted by atomic mass is 16.5. The van der Waals surface area contributed by atoms with Gasteiger partial charge in [0, 0.05) is 12.7 Å². The number of hydrogen-bond acceptors (Lipinski definition) is 5. The Morgan fingerprint density at radius 3 is 2.59 bits per heavy atom. The first kappa shape index (κ1) is 13.3. The third-order valence-electron chi connectivity index (χ3n) is 2.28. The maximum atomic E-state index is 8.69. The molecule has 0 amide bonds. The minimum atomic E-state index is 0.458. The molecule has 1 rings (SSSR count). The zero-order valence-corrected chi connectivity index (χ0v) is 10.3. The summed E-state index contributed by atoms with van der Waals surface area (Å²) in [7, 11) is 3.18. The van der Waals surface area contributed by atoms with Gasteiger partial charge in [-0.15, -0.1) is 0 Å². The van der Waals surface area contributed by atoms with E-state index in [2.05, 4.69) is 5.16 Å². The molecule has 0 spiro atoms. The molecule has 0 aliphatic rings. The number of nitrogens with zero attached hydrogens (tertiary/aromatic N) is 1. The molecule has 5 heteroatoms. The predicted molar refractivity (Wildman–Crippen MR) is 64.4 cm³/mol. The van der Waals surface area contributed by atoms with Gasteiger partial charge in [-0.3, -0.25) is 0 Å². The van der Waals surface area contributed by atoms with Gasteiger partial charge in [-0.05, 0) is 25.1 Å². The van der Waals surface area contributed by atoms with Crippen LogP contribution >= 0.6 is 0 Å². The molecule has 0 heterocycles. The summed E-state index contributed by atoms with van der Waals surface area (Å²) in [6.45, 7) is 2.68. The molecule has 0 saturated heterocycles. The number of hydrogen-bond donors (Lipinski definition) is 1. The fraction of sp³-hybridized carbons (Fsp3) is 0.417. The second-order valence-corrected chi connectivity index (χ2v) is 3.39. The maximum Gasteiger partial charge on any atom is 0.161 e. The van der Waals surface area contributed by atoms with Gasteiger partial charge >= 0.3 is 0 Å². The summed E-state index contributed by atoms with van der Waals surface area (Å²) in [4.78, 5) is 0. The van der Waals surface area contributed by atoms with Gasteiger partial charge in [0.1, 0.15) is 6.61 Å². The number of oxime groups is 1. The van der Waals surface area contributed by atoms with E-state index in [-0.39, 0.29) is 0 Å². The number of ether oxygens (including phenoxy) is 3. The molecule has 0 atom stereocenters. The Bertz CT molecular complexity index is 390. The first-order chi connectivity index (χ1) is 8.22. The van der Waals surface area contributed by atoms with Gasteiger partial charge in [0.25, 0.3) is 0 Å². The number of rotatable bonds is 6. The van der Waals surface area contributed by atoms with Crippen molar-refractivity contribution in [2.24, 2.45) is 5.16 Å². The average molecular weight is 239 g/mol. The molecule has 0 fully saturated rings. The fourth-order valence-corrected chi connectivity index (χ4v) is 1.30. The highest BCUT2D eigenvalue weighted by molar-refractivity contribution is 5.98. The zero-order valence-electron chi connectivity index (χ0n) is 10.3. The lowest BCUT2D eigenvalue weighted by molar-refractivity contribution is 0.144. The summed E-state index contributed by atoms with van der Waals surface area (Å²) >= 11 is 0. The third kappa shape index (κ3) is 3.64. The SMILES string of the molecule is COCCOc1ccc(C(C)=NO)cc1OC. The van der Waals surface area contributed by atoms with Gasteiger partial charge in [0.05, 0.1) is 19.4 Å². The number of methoxy groups -OCH3 is 2. The van der Waals surface area contributed by atoms with Gasteiger partial charge in [-0.2, -0.15) is 0 Å². The van der Waals surface area contributed by atoms with Crippen LogP contribution in [0, 0.1) is 0 Å². The van der Waals surface area contributed by atoms with Crippen LogP contribution in [0.5, 0.6) is 11.5 Å². The van der Waals surface area contributed by atoms with Crippen molar-refractivity contribution < 1.29 is 19.4 Å². The van der Waals surface area contributed by atoms with Crippen molar-refractivity contribution in [3.8, 4) is 11.5 Å². The predicted octanol–water partition coefficient (Wildman–Crippen LogP) is 1.92. The lowest BCUT2D eigenvalue weighted by atomic mass is 10.1. The standard InChI is InChI=1S/C12H17NO4/c1-9(13-14)10-4-5-11(12(8-10)16-3)17-7-6-15-2/h4-5,8,14H,6-7H2,1-3H3. The summed E-state index contributed by atoms with van der Waals surface area (Å²) in [6, 6.07) is 5.34. The quantitative estimate of drug-likeness (QED) is 0.356. The fourth-order valence-electron chi connectivity index (χ4n) is 1.30. The lowest BCUT2D eigenvalue weighted by Crippen LogP contribution is -2.06. The molecule has 5 nitrogen and oxygen atoms in total. The molecular weight excluding hydrogens is 222 g/mol. The minimum Gasteiger partial charge on any atom is -0.493 e. The molecule has 0 bridgehead atoms. The molecule has 17 heavy (non-hydrogen) atoms. The van der Waals surface area contributed by atoms with E-state index < -0.39 is 0 Å². The van der Waals surface area contributed by atoms with Crippen molar-refractivity contribution >= 4 is 5.71 Å². The topological polar surface area (TPSA) is 60.3 Å². The Morgan fingerprint density at radius 2 is 2.00 bits per heavy atom. The molecular formula is C12H17NO4. The molecule has 0 aromatic heterocycles. The summed E-state index contributed by atoms with van der Waals surface area (Å²) in [5.41, 5.74) is 1.30. The first-order valence-electron chi connectivity index (χ1n) is 5.21. The van der Waals surface area contributed by atoms with Gasteiger partial charge in [0.2, 0.25) is 0 Å². The van der Waals surface area contributed by atoms with Crippen LogP contribution in [0.25, 0.3) is 0 Å². The van der Waals surface area contributed by atoms with Crippen molar-refractivity contribution in [3.05, 3.63) is 23.8 Å². The zero-order chi connectivity index (χ0) is 12.7. The van der Waals surface area contributed by atoms with E-state index >= 15 is 0 Å². The smallest absolute Gasteiger partial charge is 0.161 e. The van der Waals surface area contributed by atoms with Gasteiger partial charge in [0.15, 0.2) is 11.5 Å². The first-order valence-corrected chi connectivity index (χ1v) is 5.21. The van der Waals surface area contributed by atoms with Gasteiger partial charge < -0.3 is 19.4 Å². The number of benzene rings is 1. The van der Waals surface area contributed by atoms with Crippen LogP contribution < -0.4 is 9.47 Å². The highest BCUT2D eigenvalue weighted by Gasteiger charge is 2.07. The second-order valence-electron chi connectivity index (χ2n) is 3.39. The molecule has 0 radical (unpaired) electrons. The third-order valence-corrected chi connectivity index (χ3v) is 2.28. The van der Waals surface area contributed by atoms with Crippen molar-refractivity contribution in [1.82, 2.24) is 0 Å². The molecule has 1 aromatic rings.